The number of hydrogen-bond acceptors (Lipinski definition) is 5. The van der Waals surface area contributed by atoms with Gasteiger partial charge in [0.2, 0.25) is 0 Å². The molecule has 1 saturated heterocycles. The van der Waals surface area contributed by atoms with Crippen LogP contribution < -0.4 is 5.32 Å². The second kappa shape index (κ2) is 7.20. The zero-order valence-electron chi connectivity index (χ0n) is 14.8. The van der Waals surface area contributed by atoms with Crippen LogP contribution in [0, 0.1) is 0 Å². The molecule has 25 heavy (non-hydrogen) atoms. The molecule has 6 heteroatoms. The van der Waals surface area contributed by atoms with E-state index < -0.39 is 6.29 Å². The molecule has 2 aliphatic heterocycles. The van der Waals surface area contributed by atoms with Gasteiger partial charge in [-0.25, -0.2) is 4.79 Å². The molecule has 1 atom stereocenters. The molecule has 5 nitrogen and oxygen atoms in total. The number of hydrogen-bond donors (Lipinski definition) is 1. The van der Waals surface area contributed by atoms with Crippen LogP contribution in [0.4, 0.5) is 0 Å². The third kappa shape index (κ3) is 3.45. The Hall–Kier alpha value is -1.82. The molecular formula is C19H22ClNO4. The average Bonchev–Trinajstić information content (AvgIpc) is 2.53. The number of carbonyl (C=O) groups excluding carboxylic acids is 1. The largest absolute Gasteiger partial charge is 0.463 e. The summed E-state index contributed by atoms with van der Waals surface area (Å²) in [5.41, 5.74) is 4.08. The van der Waals surface area contributed by atoms with Crippen LogP contribution in [-0.4, -0.2) is 25.2 Å². The highest BCUT2D eigenvalue weighted by Crippen LogP contribution is 2.43. The lowest BCUT2D eigenvalue weighted by Crippen LogP contribution is -2.44. The Morgan fingerprint density at radius 3 is 2.40 bits per heavy atom. The molecule has 3 rings (SSSR count). The van der Waals surface area contributed by atoms with E-state index >= 15 is 0 Å². The van der Waals surface area contributed by atoms with Gasteiger partial charge in [-0.05, 0) is 45.4 Å². The molecule has 0 spiro atoms. The Bertz CT molecular complexity index is 732. The number of benzene rings is 1. The highest BCUT2D eigenvalue weighted by molar-refractivity contribution is 6.30. The van der Waals surface area contributed by atoms with Gasteiger partial charge in [-0.3, -0.25) is 0 Å². The lowest BCUT2D eigenvalue weighted by atomic mass is 9.80. The van der Waals surface area contributed by atoms with Crippen molar-refractivity contribution < 1.29 is 19.0 Å². The van der Waals surface area contributed by atoms with Crippen LogP contribution >= 0.6 is 11.6 Å². The molecule has 1 fully saturated rings. The van der Waals surface area contributed by atoms with Gasteiger partial charge in [-0.2, -0.15) is 0 Å². The van der Waals surface area contributed by atoms with Crippen molar-refractivity contribution in [3.05, 3.63) is 57.4 Å². The summed E-state index contributed by atoms with van der Waals surface area (Å²) in [6.07, 6.45) is -0.741. The molecule has 0 amide bonds. The van der Waals surface area contributed by atoms with E-state index in [1.807, 2.05) is 45.0 Å². The summed E-state index contributed by atoms with van der Waals surface area (Å²) in [4.78, 5) is 12.7. The fourth-order valence-electron chi connectivity index (χ4n) is 3.31. The van der Waals surface area contributed by atoms with Gasteiger partial charge >= 0.3 is 5.97 Å². The summed E-state index contributed by atoms with van der Waals surface area (Å²) < 4.78 is 16.7. The van der Waals surface area contributed by atoms with Crippen molar-refractivity contribution in [2.75, 3.05) is 6.61 Å². The van der Waals surface area contributed by atoms with Crippen molar-refractivity contribution in [2.24, 2.45) is 0 Å². The van der Waals surface area contributed by atoms with Gasteiger partial charge < -0.3 is 19.5 Å². The van der Waals surface area contributed by atoms with Gasteiger partial charge in [0.15, 0.2) is 12.6 Å². The molecule has 134 valence electrons. The predicted molar refractivity (Wildman–Crippen MR) is 94.8 cm³/mol. The minimum atomic E-state index is -0.485. The number of rotatable bonds is 4. The summed E-state index contributed by atoms with van der Waals surface area (Å²) in [6, 6.07) is 7.46. The SMILES string of the molecule is CCOC(=O)C1=C(C)NC(C)=C(C2OC(C)O2)C1c1ccc(Cl)cc1. The van der Waals surface area contributed by atoms with Crippen molar-refractivity contribution in [1.82, 2.24) is 5.32 Å². The fourth-order valence-corrected chi connectivity index (χ4v) is 3.43. The number of halogens is 1. The summed E-state index contributed by atoms with van der Waals surface area (Å²) in [6.45, 7) is 7.78. The molecule has 1 N–H and O–H groups in total. The molecule has 2 heterocycles. The summed E-state index contributed by atoms with van der Waals surface area (Å²) >= 11 is 6.04. The molecule has 0 radical (unpaired) electrons. The Labute approximate surface area is 152 Å². The number of allylic oxidation sites excluding steroid dienone is 2. The monoisotopic (exact) mass is 363 g/mol. The lowest BCUT2D eigenvalue weighted by Gasteiger charge is -2.41. The Morgan fingerprint density at radius 2 is 1.84 bits per heavy atom. The smallest absolute Gasteiger partial charge is 0.336 e. The zero-order valence-corrected chi connectivity index (χ0v) is 15.5. The van der Waals surface area contributed by atoms with Gasteiger partial charge in [0.05, 0.1) is 12.2 Å². The van der Waals surface area contributed by atoms with Crippen molar-refractivity contribution in [1.29, 1.82) is 0 Å². The van der Waals surface area contributed by atoms with Crippen molar-refractivity contribution >= 4 is 17.6 Å². The average molecular weight is 364 g/mol. The first kappa shape index (κ1) is 18.0. The molecule has 0 aromatic heterocycles. The third-order valence-electron chi connectivity index (χ3n) is 4.39. The van der Waals surface area contributed by atoms with Gasteiger partial charge in [0, 0.05) is 27.9 Å². The Kier molecular flexibility index (Phi) is 5.18. The predicted octanol–water partition coefficient (Wildman–Crippen LogP) is 3.86. The molecule has 2 aliphatic rings. The van der Waals surface area contributed by atoms with Crippen molar-refractivity contribution in [3.63, 3.8) is 0 Å². The van der Waals surface area contributed by atoms with Gasteiger partial charge in [0.25, 0.3) is 0 Å². The second-order valence-electron chi connectivity index (χ2n) is 6.12. The Balaban J connectivity index is 2.08. The van der Waals surface area contributed by atoms with Crippen LogP contribution in [-0.2, 0) is 19.0 Å². The number of ether oxygens (including phenoxy) is 3. The summed E-state index contributed by atoms with van der Waals surface area (Å²) in [7, 11) is 0. The standard InChI is InChI=1S/C19H22ClNO4/c1-5-23-18(22)15-10(2)21-11(3)16(19-24-12(4)25-19)17(15)13-6-8-14(20)9-7-13/h6-9,12,17,19,21H,5H2,1-4H3. The maximum Gasteiger partial charge on any atom is 0.336 e. The maximum absolute atomic E-state index is 12.7. The molecule has 0 aliphatic carbocycles. The van der Waals surface area contributed by atoms with Crippen LogP contribution in [0.5, 0.6) is 0 Å². The summed E-state index contributed by atoms with van der Waals surface area (Å²) in [5.74, 6) is -0.653. The fraction of sp³-hybridized carbons (Fsp3) is 0.421. The highest BCUT2D eigenvalue weighted by Gasteiger charge is 2.42. The van der Waals surface area contributed by atoms with E-state index in [9.17, 15) is 4.79 Å². The molecule has 0 saturated carbocycles. The third-order valence-corrected chi connectivity index (χ3v) is 4.65. The molecule has 1 unspecified atom stereocenters. The normalized spacial score (nSPS) is 26.2. The first-order valence-electron chi connectivity index (χ1n) is 8.34. The maximum atomic E-state index is 12.7. The first-order valence-corrected chi connectivity index (χ1v) is 8.72. The van der Waals surface area contributed by atoms with Crippen LogP contribution in [0.25, 0.3) is 0 Å². The topological polar surface area (TPSA) is 56.8 Å². The van der Waals surface area contributed by atoms with Gasteiger partial charge in [-0.1, -0.05) is 23.7 Å². The van der Waals surface area contributed by atoms with E-state index in [1.54, 1.807) is 6.92 Å². The number of nitrogens with one attached hydrogen (secondary N) is 1. The van der Waals surface area contributed by atoms with Crippen molar-refractivity contribution in [3.8, 4) is 0 Å². The lowest BCUT2D eigenvalue weighted by molar-refractivity contribution is -0.360. The van der Waals surface area contributed by atoms with Crippen LogP contribution in [0.1, 0.15) is 39.2 Å². The number of carbonyl (C=O) groups is 1. The second-order valence-corrected chi connectivity index (χ2v) is 6.56. The van der Waals surface area contributed by atoms with E-state index in [0.29, 0.717) is 17.2 Å². The van der Waals surface area contributed by atoms with Crippen LogP contribution in [0.2, 0.25) is 5.02 Å². The van der Waals surface area contributed by atoms with E-state index in [-0.39, 0.29) is 18.2 Å². The van der Waals surface area contributed by atoms with E-state index in [0.717, 1.165) is 22.5 Å². The highest BCUT2D eigenvalue weighted by atomic mass is 35.5. The van der Waals surface area contributed by atoms with Crippen molar-refractivity contribution in [2.45, 2.75) is 46.2 Å². The minimum Gasteiger partial charge on any atom is -0.463 e. The number of esters is 1. The van der Waals surface area contributed by atoms with E-state index in [1.165, 1.54) is 0 Å². The van der Waals surface area contributed by atoms with E-state index in [4.69, 9.17) is 25.8 Å². The van der Waals surface area contributed by atoms with E-state index in [2.05, 4.69) is 5.32 Å². The van der Waals surface area contributed by atoms with Gasteiger partial charge in [0.1, 0.15) is 0 Å². The Morgan fingerprint density at radius 1 is 1.20 bits per heavy atom. The van der Waals surface area contributed by atoms with Crippen LogP contribution in [0.15, 0.2) is 46.8 Å². The quantitative estimate of drug-likeness (QED) is 0.823. The summed E-state index contributed by atoms with van der Waals surface area (Å²) in [5, 5.41) is 3.91. The van der Waals surface area contributed by atoms with Crippen LogP contribution in [0.3, 0.4) is 0 Å². The molecule has 1 aromatic carbocycles. The molecule has 1 aromatic rings. The number of dihydropyridines is 1. The van der Waals surface area contributed by atoms with Gasteiger partial charge in [-0.15, -0.1) is 0 Å². The minimum absolute atomic E-state index is 0.255. The molecule has 0 bridgehead atoms. The zero-order chi connectivity index (χ0) is 18.1. The molecular weight excluding hydrogens is 342 g/mol. The first-order chi connectivity index (χ1) is 11.9.